The number of para-hydroxylation sites is 1. The Morgan fingerprint density at radius 3 is 2.45 bits per heavy atom. The third-order valence-electron chi connectivity index (χ3n) is 5.77. The van der Waals surface area contributed by atoms with E-state index in [1.54, 1.807) is 6.07 Å². The number of benzene rings is 3. The molecule has 4 rings (SSSR count). The maximum Gasteiger partial charge on any atom is 0.338 e. The van der Waals surface area contributed by atoms with Gasteiger partial charge in [0.15, 0.2) is 6.61 Å². The van der Waals surface area contributed by atoms with Gasteiger partial charge in [0.1, 0.15) is 0 Å². The van der Waals surface area contributed by atoms with Gasteiger partial charge in [-0.15, -0.1) is 0 Å². The fourth-order valence-corrected chi connectivity index (χ4v) is 5.51. The molecular weight excluding hydrogens is 438 g/mol. The number of aryl methyl sites for hydroxylation is 3. The zero-order valence-electron chi connectivity index (χ0n) is 18.6. The lowest BCUT2D eigenvalue weighted by molar-refractivity contribution is 0.0474. The predicted molar refractivity (Wildman–Crippen MR) is 126 cm³/mol. The first kappa shape index (κ1) is 22.7. The molecule has 1 aliphatic rings. The molecular formula is C26H25NO5S. The number of carbonyl (C=O) groups is 2. The van der Waals surface area contributed by atoms with Crippen LogP contribution in [0.2, 0.25) is 0 Å². The number of hydrogen-bond donors (Lipinski definition) is 0. The summed E-state index contributed by atoms with van der Waals surface area (Å²) in [7, 11) is -3.76. The van der Waals surface area contributed by atoms with Gasteiger partial charge in [-0.25, -0.2) is 13.2 Å². The molecule has 0 amide bonds. The van der Waals surface area contributed by atoms with E-state index >= 15 is 0 Å². The average Bonchev–Trinajstić information content (AvgIpc) is 2.83. The maximum atomic E-state index is 13.2. The summed E-state index contributed by atoms with van der Waals surface area (Å²) in [6.45, 7) is 3.74. The number of anilines is 1. The summed E-state index contributed by atoms with van der Waals surface area (Å²) in [4.78, 5) is 25.0. The Morgan fingerprint density at radius 1 is 0.970 bits per heavy atom. The van der Waals surface area contributed by atoms with E-state index < -0.39 is 16.0 Å². The number of rotatable bonds is 6. The van der Waals surface area contributed by atoms with Gasteiger partial charge in [0.2, 0.25) is 5.78 Å². The summed E-state index contributed by atoms with van der Waals surface area (Å²) in [6.07, 6.45) is 1.59. The number of carbonyl (C=O) groups excluding carboxylic acids is 2. The van der Waals surface area contributed by atoms with Crippen LogP contribution in [0, 0.1) is 13.8 Å². The number of esters is 1. The first-order valence-corrected chi connectivity index (χ1v) is 12.2. The minimum absolute atomic E-state index is 0.0993. The van der Waals surface area contributed by atoms with Gasteiger partial charge < -0.3 is 4.74 Å². The molecule has 170 valence electrons. The molecule has 0 atom stereocenters. The molecule has 0 saturated heterocycles. The third kappa shape index (κ3) is 4.68. The van der Waals surface area contributed by atoms with Crippen LogP contribution in [0.25, 0.3) is 0 Å². The van der Waals surface area contributed by atoms with Crippen molar-refractivity contribution in [2.24, 2.45) is 0 Å². The van der Waals surface area contributed by atoms with Crippen molar-refractivity contribution in [2.75, 3.05) is 17.5 Å². The Labute approximate surface area is 193 Å². The van der Waals surface area contributed by atoms with Crippen LogP contribution in [-0.2, 0) is 21.2 Å². The highest BCUT2D eigenvalue weighted by Gasteiger charge is 2.29. The Bertz CT molecular complexity index is 1310. The zero-order chi connectivity index (χ0) is 23.6. The van der Waals surface area contributed by atoms with Crippen molar-refractivity contribution in [3.8, 4) is 0 Å². The van der Waals surface area contributed by atoms with Crippen molar-refractivity contribution in [2.45, 2.75) is 31.6 Å². The summed E-state index contributed by atoms with van der Waals surface area (Å²) in [5.74, 6) is -0.964. The summed E-state index contributed by atoms with van der Waals surface area (Å²) >= 11 is 0. The lowest BCUT2D eigenvalue weighted by atomic mass is 10.0. The summed E-state index contributed by atoms with van der Waals surface area (Å²) in [5.41, 5.74) is 4.16. The third-order valence-corrected chi connectivity index (χ3v) is 7.60. The fourth-order valence-electron chi connectivity index (χ4n) is 3.97. The minimum atomic E-state index is -3.76. The van der Waals surface area contributed by atoms with Crippen LogP contribution in [0.3, 0.4) is 0 Å². The lowest BCUT2D eigenvalue weighted by Crippen LogP contribution is -2.35. The number of ketones is 1. The van der Waals surface area contributed by atoms with Crippen molar-refractivity contribution >= 4 is 27.5 Å². The van der Waals surface area contributed by atoms with Crippen molar-refractivity contribution in [1.82, 2.24) is 0 Å². The summed E-state index contributed by atoms with van der Waals surface area (Å²) < 4.78 is 33.1. The normalized spacial score (nSPS) is 13.3. The molecule has 0 spiro atoms. The molecule has 0 aromatic heterocycles. The first-order chi connectivity index (χ1) is 15.8. The highest BCUT2D eigenvalue weighted by Crippen LogP contribution is 2.31. The predicted octanol–water partition coefficient (Wildman–Crippen LogP) is 4.48. The number of Topliss-reactive ketones (excluding diaryl/α,β-unsaturated/α-hetero) is 1. The number of sulfonamides is 1. The van der Waals surface area contributed by atoms with Gasteiger partial charge >= 0.3 is 5.97 Å². The molecule has 0 aliphatic carbocycles. The van der Waals surface area contributed by atoms with Crippen LogP contribution in [0.5, 0.6) is 0 Å². The molecule has 6 nitrogen and oxygen atoms in total. The second-order valence-electron chi connectivity index (χ2n) is 8.15. The van der Waals surface area contributed by atoms with Crippen molar-refractivity contribution in [1.29, 1.82) is 0 Å². The number of nitrogens with zero attached hydrogens (tertiary/aromatic N) is 1. The largest absolute Gasteiger partial charge is 0.454 e. The van der Waals surface area contributed by atoms with E-state index in [9.17, 15) is 18.0 Å². The molecule has 3 aromatic carbocycles. The van der Waals surface area contributed by atoms with Crippen LogP contribution in [0.15, 0.2) is 71.6 Å². The van der Waals surface area contributed by atoms with E-state index in [2.05, 4.69) is 0 Å². The van der Waals surface area contributed by atoms with Gasteiger partial charge in [0.05, 0.1) is 16.1 Å². The molecule has 1 heterocycles. The van der Waals surface area contributed by atoms with Crippen LogP contribution in [-0.4, -0.2) is 33.3 Å². The van der Waals surface area contributed by atoms with Crippen LogP contribution >= 0.6 is 0 Å². The molecule has 3 aromatic rings. The van der Waals surface area contributed by atoms with E-state index in [0.29, 0.717) is 17.8 Å². The second-order valence-corrected chi connectivity index (χ2v) is 10.0. The molecule has 1 aliphatic heterocycles. The van der Waals surface area contributed by atoms with E-state index in [-0.39, 0.29) is 22.8 Å². The molecule has 0 radical (unpaired) electrons. The van der Waals surface area contributed by atoms with Crippen molar-refractivity contribution in [3.05, 3.63) is 94.5 Å². The SMILES string of the molecule is Cc1ccc(C)c(C(=O)COC(=O)c2ccc(S(=O)(=O)N3CCCc4ccccc43)cc2)c1. The van der Waals surface area contributed by atoms with Crippen LogP contribution in [0.1, 0.15) is 43.8 Å². The van der Waals surface area contributed by atoms with Crippen molar-refractivity contribution < 1.29 is 22.7 Å². The Hall–Kier alpha value is -3.45. The standard InChI is InChI=1S/C26H25NO5S/c1-18-9-10-19(2)23(16-18)25(28)17-32-26(29)21-11-13-22(14-12-21)33(30,31)27-15-5-7-20-6-3-4-8-24(20)27/h3-4,6,8-14,16H,5,7,15,17H2,1-2H3. The van der Waals surface area contributed by atoms with E-state index in [1.165, 1.54) is 28.6 Å². The maximum absolute atomic E-state index is 13.2. The molecule has 0 saturated carbocycles. The molecule has 0 unspecified atom stereocenters. The Morgan fingerprint density at radius 2 is 1.70 bits per heavy atom. The van der Waals surface area contributed by atoms with Crippen molar-refractivity contribution in [3.63, 3.8) is 0 Å². The van der Waals surface area contributed by atoms with Gasteiger partial charge in [0, 0.05) is 12.1 Å². The van der Waals surface area contributed by atoms with Gasteiger partial charge in [0.25, 0.3) is 10.0 Å². The Kier molecular flexibility index (Phi) is 6.33. The summed E-state index contributed by atoms with van der Waals surface area (Å²) in [6, 6.07) is 18.6. The van der Waals surface area contributed by atoms with Gasteiger partial charge in [-0.1, -0.05) is 35.9 Å². The fraction of sp³-hybridized carbons (Fsp3) is 0.231. The average molecular weight is 464 g/mol. The number of hydrogen-bond acceptors (Lipinski definition) is 5. The lowest BCUT2D eigenvalue weighted by Gasteiger charge is -2.30. The zero-order valence-corrected chi connectivity index (χ0v) is 19.4. The summed E-state index contributed by atoms with van der Waals surface area (Å²) in [5, 5.41) is 0. The number of ether oxygens (including phenoxy) is 1. The molecule has 0 fully saturated rings. The van der Waals surface area contributed by atoms with Gasteiger partial charge in [-0.05, 0) is 74.2 Å². The van der Waals surface area contributed by atoms with E-state index in [4.69, 9.17) is 4.74 Å². The molecule has 7 heteroatoms. The highest BCUT2D eigenvalue weighted by atomic mass is 32.2. The van der Waals surface area contributed by atoms with Crippen LogP contribution in [0.4, 0.5) is 5.69 Å². The first-order valence-electron chi connectivity index (χ1n) is 10.8. The minimum Gasteiger partial charge on any atom is -0.454 e. The second kappa shape index (κ2) is 9.19. The number of fused-ring (bicyclic) bond motifs is 1. The quantitative estimate of drug-likeness (QED) is 0.398. The van der Waals surface area contributed by atoms with Crippen LogP contribution < -0.4 is 4.31 Å². The molecule has 33 heavy (non-hydrogen) atoms. The van der Waals surface area contributed by atoms with Gasteiger partial charge in [-0.2, -0.15) is 0 Å². The molecule has 0 bridgehead atoms. The monoisotopic (exact) mass is 463 g/mol. The van der Waals surface area contributed by atoms with E-state index in [0.717, 1.165) is 29.5 Å². The topological polar surface area (TPSA) is 80.8 Å². The van der Waals surface area contributed by atoms with Gasteiger partial charge in [-0.3, -0.25) is 9.10 Å². The molecule has 0 N–H and O–H groups in total. The highest BCUT2D eigenvalue weighted by molar-refractivity contribution is 7.92. The Balaban J connectivity index is 1.46. The van der Waals surface area contributed by atoms with E-state index in [1.807, 2.05) is 50.2 Å². The smallest absolute Gasteiger partial charge is 0.338 e.